The lowest BCUT2D eigenvalue weighted by Gasteiger charge is -2.16. The molecule has 2 rings (SSSR count). The summed E-state index contributed by atoms with van der Waals surface area (Å²) in [5.41, 5.74) is 0.716. The van der Waals surface area contributed by atoms with Crippen LogP contribution in [0.1, 0.15) is 5.69 Å². The van der Waals surface area contributed by atoms with Crippen LogP contribution >= 0.6 is 0 Å². The predicted molar refractivity (Wildman–Crippen MR) is 98.0 cm³/mol. The number of likely N-dealkylation sites (N-methyl/N-ethyl adjacent to an activating group) is 1. The molecule has 0 fully saturated rings. The lowest BCUT2D eigenvalue weighted by Crippen LogP contribution is -2.23. The van der Waals surface area contributed by atoms with Gasteiger partial charge in [0, 0.05) is 18.8 Å². The SMILES string of the molecule is COc1ccc(OCCn2ccc(=O)c(OCCN(C)C)c2C)cc1. The van der Waals surface area contributed by atoms with E-state index in [2.05, 4.69) is 0 Å². The molecule has 0 radical (unpaired) electrons. The third-order valence-corrected chi connectivity index (χ3v) is 3.83. The van der Waals surface area contributed by atoms with Crippen LogP contribution in [0.3, 0.4) is 0 Å². The monoisotopic (exact) mass is 346 g/mol. The topological polar surface area (TPSA) is 52.9 Å². The van der Waals surface area contributed by atoms with Crippen molar-refractivity contribution in [3.63, 3.8) is 0 Å². The predicted octanol–water partition coefficient (Wildman–Crippen LogP) is 2.18. The van der Waals surface area contributed by atoms with Crippen molar-refractivity contribution in [2.75, 3.05) is 41.0 Å². The summed E-state index contributed by atoms with van der Waals surface area (Å²) in [6.07, 6.45) is 1.77. The normalized spacial score (nSPS) is 10.8. The second-order valence-electron chi connectivity index (χ2n) is 5.96. The molecule has 2 aromatic rings. The summed E-state index contributed by atoms with van der Waals surface area (Å²) in [6.45, 7) is 4.25. The zero-order chi connectivity index (χ0) is 18.2. The minimum Gasteiger partial charge on any atom is -0.497 e. The number of aromatic nitrogens is 1. The second-order valence-corrected chi connectivity index (χ2v) is 5.96. The Labute approximate surface area is 148 Å². The minimum absolute atomic E-state index is 0.0939. The van der Waals surface area contributed by atoms with Gasteiger partial charge in [-0.05, 0) is 45.3 Å². The van der Waals surface area contributed by atoms with E-state index in [1.54, 1.807) is 13.3 Å². The summed E-state index contributed by atoms with van der Waals surface area (Å²) in [5.74, 6) is 1.99. The Balaban J connectivity index is 1.95. The molecule has 0 saturated heterocycles. The van der Waals surface area contributed by atoms with Gasteiger partial charge < -0.3 is 23.7 Å². The molecule has 1 aromatic carbocycles. The van der Waals surface area contributed by atoms with E-state index in [4.69, 9.17) is 14.2 Å². The summed E-state index contributed by atoms with van der Waals surface area (Å²) < 4.78 is 18.5. The van der Waals surface area contributed by atoms with Crippen LogP contribution in [0.25, 0.3) is 0 Å². The van der Waals surface area contributed by atoms with Gasteiger partial charge in [0.25, 0.3) is 0 Å². The van der Waals surface area contributed by atoms with E-state index in [0.717, 1.165) is 23.7 Å². The molecule has 6 heteroatoms. The first-order valence-electron chi connectivity index (χ1n) is 8.25. The van der Waals surface area contributed by atoms with E-state index in [9.17, 15) is 4.79 Å². The van der Waals surface area contributed by atoms with E-state index in [1.807, 2.05) is 54.8 Å². The fraction of sp³-hybridized carbons (Fsp3) is 0.421. The second kappa shape index (κ2) is 9.13. The van der Waals surface area contributed by atoms with Gasteiger partial charge >= 0.3 is 0 Å². The molecule has 6 nitrogen and oxygen atoms in total. The third-order valence-electron chi connectivity index (χ3n) is 3.83. The number of hydrogen-bond acceptors (Lipinski definition) is 5. The van der Waals surface area contributed by atoms with E-state index in [-0.39, 0.29) is 5.43 Å². The molecule has 1 heterocycles. The Bertz CT molecular complexity index is 723. The summed E-state index contributed by atoms with van der Waals surface area (Å²) >= 11 is 0. The fourth-order valence-corrected chi connectivity index (χ4v) is 2.34. The van der Waals surface area contributed by atoms with Gasteiger partial charge in [-0.1, -0.05) is 0 Å². The van der Waals surface area contributed by atoms with Gasteiger partial charge in [-0.25, -0.2) is 0 Å². The molecule has 0 N–H and O–H groups in total. The first-order valence-corrected chi connectivity index (χ1v) is 8.25. The zero-order valence-corrected chi connectivity index (χ0v) is 15.3. The van der Waals surface area contributed by atoms with Gasteiger partial charge in [-0.2, -0.15) is 0 Å². The molecule has 1 aromatic heterocycles. The first-order chi connectivity index (χ1) is 12.0. The van der Waals surface area contributed by atoms with E-state index in [1.165, 1.54) is 6.07 Å². The molecule has 0 aliphatic rings. The smallest absolute Gasteiger partial charge is 0.223 e. The number of nitrogens with zero attached hydrogens (tertiary/aromatic N) is 2. The lowest BCUT2D eigenvalue weighted by molar-refractivity contribution is 0.254. The Morgan fingerprint density at radius 1 is 1.00 bits per heavy atom. The van der Waals surface area contributed by atoms with Crippen LogP contribution in [0, 0.1) is 6.92 Å². The van der Waals surface area contributed by atoms with Crippen molar-refractivity contribution in [1.29, 1.82) is 0 Å². The van der Waals surface area contributed by atoms with Crippen LogP contribution in [0.2, 0.25) is 0 Å². The Morgan fingerprint density at radius 2 is 1.68 bits per heavy atom. The summed E-state index contributed by atoms with van der Waals surface area (Å²) in [6, 6.07) is 8.98. The maximum Gasteiger partial charge on any atom is 0.223 e. The Morgan fingerprint density at radius 3 is 2.32 bits per heavy atom. The van der Waals surface area contributed by atoms with Gasteiger partial charge in [0.05, 0.1) is 19.3 Å². The van der Waals surface area contributed by atoms with E-state index < -0.39 is 0 Å². The van der Waals surface area contributed by atoms with Gasteiger partial charge in [0.2, 0.25) is 5.43 Å². The van der Waals surface area contributed by atoms with Crippen LogP contribution in [0.5, 0.6) is 17.2 Å². The number of methoxy groups -OCH3 is 1. The number of benzene rings is 1. The molecule has 0 spiro atoms. The largest absolute Gasteiger partial charge is 0.497 e. The van der Waals surface area contributed by atoms with Gasteiger partial charge in [0.15, 0.2) is 5.75 Å². The lowest BCUT2D eigenvalue weighted by atomic mass is 10.3. The fourth-order valence-electron chi connectivity index (χ4n) is 2.34. The maximum absolute atomic E-state index is 12.0. The van der Waals surface area contributed by atoms with Crippen LogP contribution < -0.4 is 19.6 Å². The molecule has 0 aliphatic heterocycles. The van der Waals surface area contributed by atoms with Crippen molar-refractivity contribution in [3.8, 4) is 17.2 Å². The molecule has 25 heavy (non-hydrogen) atoms. The molecular formula is C19H26N2O4. The third kappa shape index (κ3) is 5.53. The highest BCUT2D eigenvalue weighted by Crippen LogP contribution is 2.17. The quantitative estimate of drug-likeness (QED) is 0.697. The highest BCUT2D eigenvalue weighted by molar-refractivity contribution is 5.31. The van der Waals surface area contributed by atoms with E-state index in [0.29, 0.717) is 25.5 Å². The number of pyridine rings is 1. The van der Waals surface area contributed by atoms with Crippen molar-refractivity contribution < 1.29 is 14.2 Å². The first kappa shape index (κ1) is 18.9. The summed E-state index contributed by atoms with van der Waals surface area (Å²) in [5, 5.41) is 0. The number of hydrogen-bond donors (Lipinski definition) is 0. The van der Waals surface area contributed by atoms with Gasteiger partial charge in [-0.3, -0.25) is 4.79 Å². The molecule has 0 bridgehead atoms. The molecule has 0 amide bonds. The molecule has 0 aliphatic carbocycles. The minimum atomic E-state index is -0.0939. The number of rotatable bonds is 9. The Hall–Kier alpha value is -2.47. The van der Waals surface area contributed by atoms with Crippen molar-refractivity contribution in [3.05, 3.63) is 52.4 Å². The van der Waals surface area contributed by atoms with Gasteiger partial charge in [0.1, 0.15) is 24.7 Å². The van der Waals surface area contributed by atoms with Crippen LogP contribution in [-0.2, 0) is 6.54 Å². The van der Waals surface area contributed by atoms with Crippen molar-refractivity contribution >= 4 is 0 Å². The van der Waals surface area contributed by atoms with Crippen LogP contribution in [0.15, 0.2) is 41.3 Å². The Kier molecular flexibility index (Phi) is 6.89. The summed E-state index contributed by atoms with van der Waals surface area (Å²) in [4.78, 5) is 14.0. The van der Waals surface area contributed by atoms with Crippen molar-refractivity contribution in [2.45, 2.75) is 13.5 Å². The highest BCUT2D eigenvalue weighted by Gasteiger charge is 2.09. The molecule has 0 saturated carbocycles. The van der Waals surface area contributed by atoms with Crippen molar-refractivity contribution in [1.82, 2.24) is 9.47 Å². The number of ether oxygens (including phenoxy) is 3. The molecular weight excluding hydrogens is 320 g/mol. The summed E-state index contributed by atoms with van der Waals surface area (Å²) in [7, 11) is 5.57. The standard InChI is InChI=1S/C19H26N2O4/c1-15-19(25-13-11-20(2)3)18(22)9-10-21(15)12-14-24-17-7-5-16(23-4)6-8-17/h5-10H,11-14H2,1-4H3. The average Bonchev–Trinajstić information content (AvgIpc) is 2.60. The maximum atomic E-state index is 12.0. The average molecular weight is 346 g/mol. The van der Waals surface area contributed by atoms with Crippen molar-refractivity contribution in [2.24, 2.45) is 0 Å². The zero-order valence-electron chi connectivity index (χ0n) is 15.3. The van der Waals surface area contributed by atoms with Crippen LogP contribution in [0.4, 0.5) is 0 Å². The van der Waals surface area contributed by atoms with Crippen LogP contribution in [-0.4, -0.2) is 50.4 Å². The molecule has 0 unspecified atom stereocenters. The van der Waals surface area contributed by atoms with E-state index >= 15 is 0 Å². The highest BCUT2D eigenvalue weighted by atomic mass is 16.5. The molecule has 136 valence electrons. The van der Waals surface area contributed by atoms with Gasteiger partial charge in [-0.15, -0.1) is 0 Å². The molecule has 0 atom stereocenters.